The van der Waals surface area contributed by atoms with Crippen molar-refractivity contribution in [2.75, 3.05) is 14.2 Å². The number of nitrogens with zero attached hydrogens (tertiary/aromatic N) is 1. The van der Waals surface area contributed by atoms with Gasteiger partial charge in [0.1, 0.15) is 11.5 Å². The summed E-state index contributed by atoms with van der Waals surface area (Å²) in [5.74, 6) is 4.80. The first-order valence-corrected chi connectivity index (χ1v) is 10.5. The lowest BCUT2D eigenvalue weighted by atomic mass is 9.94. The smallest absolute Gasteiger partial charge is 0.131 e. The Hall–Kier alpha value is -4.07. The topological polar surface area (TPSA) is 30.8 Å². The van der Waals surface area contributed by atoms with E-state index in [0.29, 0.717) is 5.75 Å². The zero-order chi connectivity index (χ0) is 22.2. The maximum absolute atomic E-state index is 5.77. The number of hydrogen-bond acceptors (Lipinski definition) is 3. The molecule has 0 atom stereocenters. The van der Waals surface area contributed by atoms with Crippen molar-refractivity contribution in [3.8, 4) is 11.5 Å². The summed E-state index contributed by atoms with van der Waals surface area (Å²) in [5, 5.41) is 0. The fourth-order valence-electron chi connectivity index (χ4n) is 3.62. The second kappa shape index (κ2) is 10.3. The minimum absolute atomic E-state index is 0.716. The van der Waals surface area contributed by atoms with E-state index in [1.165, 1.54) is 5.56 Å². The number of hydrogen-bond donors (Lipinski definition) is 0. The third-order valence-corrected chi connectivity index (χ3v) is 5.22. The largest absolute Gasteiger partial charge is 0.496 e. The number of rotatable bonds is 7. The molecule has 4 rings (SSSR count). The first-order valence-electron chi connectivity index (χ1n) is 10.5. The molecule has 0 bridgehead atoms. The van der Waals surface area contributed by atoms with E-state index in [4.69, 9.17) is 9.47 Å². The molecule has 4 aromatic carbocycles. The average Bonchev–Trinajstić information content (AvgIpc) is 2.86. The number of benzene rings is 4. The maximum atomic E-state index is 5.77. The van der Waals surface area contributed by atoms with Crippen molar-refractivity contribution in [1.82, 2.24) is 0 Å². The summed E-state index contributed by atoms with van der Waals surface area (Å²) in [4.78, 5) is 4.62. The van der Waals surface area contributed by atoms with Crippen LogP contribution in [0.1, 0.15) is 22.3 Å². The summed E-state index contributed by atoms with van der Waals surface area (Å²) in [5.41, 5.74) is 5.93. The van der Waals surface area contributed by atoms with E-state index in [1.807, 2.05) is 72.8 Å². The van der Waals surface area contributed by atoms with Gasteiger partial charge in [0, 0.05) is 18.1 Å². The van der Waals surface area contributed by atoms with E-state index in [9.17, 15) is 0 Å². The van der Waals surface area contributed by atoms with Gasteiger partial charge in [-0.1, -0.05) is 78.9 Å². The molecular formula is C29H25NO2. The summed E-state index contributed by atoms with van der Waals surface area (Å²) in [6.07, 6.45) is 0.749. The van der Waals surface area contributed by atoms with Crippen LogP contribution in [0, 0.1) is 0 Å². The quantitative estimate of drug-likeness (QED) is 0.311. The minimum atomic E-state index is 0.716. The van der Waals surface area contributed by atoms with Crippen LogP contribution in [-0.2, 0) is 6.42 Å². The third kappa shape index (κ3) is 4.97. The van der Waals surface area contributed by atoms with E-state index in [0.717, 1.165) is 40.1 Å². The van der Waals surface area contributed by atoms with E-state index < -0.39 is 0 Å². The highest BCUT2D eigenvalue weighted by Crippen LogP contribution is 2.36. The summed E-state index contributed by atoms with van der Waals surface area (Å²) in [6, 6.07) is 34.4. The van der Waals surface area contributed by atoms with Gasteiger partial charge in [-0.15, -0.1) is 0 Å². The van der Waals surface area contributed by atoms with E-state index in [-0.39, 0.29) is 0 Å². The molecule has 0 aromatic heterocycles. The predicted octanol–water partition coefficient (Wildman–Crippen LogP) is 6.73. The fraction of sp³-hybridized carbons (Fsp3) is 0.103. The zero-order valence-electron chi connectivity index (χ0n) is 18.3. The lowest BCUT2D eigenvalue weighted by Gasteiger charge is -2.16. The summed E-state index contributed by atoms with van der Waals surface area (Å²) >= 11 is 0. The van der Waals surface area contributed by atoms with Gasteiger partial charge in [0.25, 0.3) is 0 Å². The Bertz CT molecular complexity index is 1230. The molecule has 0 amide bonds. The van der Waals surface area contributed by atoms with Gasteiger partial charge in [-0.3, -0.25) is 0 Å². The Balaban J connectivity index is 1.90. The molecule has 0 saturated carbocycles. The van der Waals surface area contributed by atoms with Gasteiger partial charge in [0.05, 0.1) is 25.5 Å². The van der Waals surface area contributed by atoms with Gasteiger partial charge in [-0.25, -0.2) is 4.99 Å². The second-order valence-corrected chi connectivity index (χ2v) is 7.33. The van der Waals surface area contributed by atoms with E-state index in [2.05, 4.69) is 41.2 Å². The Labute approximate surface area is 189 Å². The number of aliphatic imine (C=N–C) groups is 1. The Morgan fingerprint density at radius 2 is 1.31 bits per heavy atom. The van der Waals surface area contributed by atoms with Crippen LogP contribution in [0.25, 0.3) is 5.57 Å². The normalized spacial score (nSPS) is 10.2. The van der Waals surface area contributed by atoms with Gasteiger partial charge in [0.2, 0.25) is 0 Å². The summed E-state index contributed by atoms with van der Waals surface area (Å²) in [6.45, 7) is 0. The summed E-state index contributed by atoms with van der Waals surface area (Å²) < 4.78 is 11.5. The Morgan fingerprint density at radius 3 is 1.94 bits per heavy atom. The first kappa shape index (κ1) is 21.2. The maximum Gasteiger partial charge on any atom is 0.131 e. The molecule has 3 nitrogen and oxygen atoms in total. The van der Waals surface area contributed by atoms with Crippen LogP contribution in [0.4, 0.5) is 5.69 Å². The lowest BCUT2D eigenvalue weighted by molar-refractivity contribution is 0.391. The van der Waals surface area contributed by atoms with Crippen molar-refractivity contribution in [2.45, 2.75) is 6.42 Å². The van der Waals surface area contributed by atoms with Gasteiger partial charge in [0.15, 0.2) is 0 Å². The SMILES string of the molecule is COc1cc(OC)c(C(=C=Nc2ccccc2)c2ccccc2)cc1Cc1ccccc1. The molecule has 0 N–H and O–H groups in total. The van der Waals surface area contributed by atoms with E-state index in [1.54, 1.807) is 14.2 Å². The molecule has 0 saturated heterocycles. The second-order valence-electron chi connectivity index (χ2n) is 7.33. The molecule has 0 fully saturated rings. The lowest BCUT2D eigenvalue weighted by Crippen LogP contribution is -2.00. The molecule has 0 spiro atoms. The molecule has 0 unspecified atom stereocenters. The molecular weight excluding hydrogens is 394 g/mol. The molecule has 0 aliphatic rings. The van der Waals surface area contributed by atoms with Crippen molar-refractivity contribution in [2.24, 2.45) is 4.99 Å². The number of ether oxygens (including phenoxy) is 2. The minimum Gasteiger partial charge on any atom is -0.496 e. The van der Waals surface area contributed by atoms with Crippen LogP contribution in [-0.4, -0.2) is 20.1 Å². The van der Waals surface area contributed by atoms with Crippen molar-refractivity contribution < 1.29 is 9.47 Å². The van der Waals surface area contributed by atoms with Crippen molar-refractivity contribution in [3.05, 3.63) is 125 Å². The van der Waals surface area contributed by atoms with Crippen molar-refractivity contribution in [1.29, 1.82) is 0 Å². The molecule has 0 aliphatic carbocycles. The summed E-state index contributed by atoms with van der Waals surface area (Å²) in [7, 11) is 3.36. The van der Waals surface area contributed by atoms with Crippen LogP contribution < -0.4 is 9.47 Å². The van der Waals surface area contributed by atoms with Crippen molar-refractivity contribution in [3.63, 3.8) is 0 Å². The Kier molecular flexibility index (Phi) is 6.81. The number of para-hydroxylation sites is 1. The highest BCUT2D eigenvalue weighted by Gasteiger charge is 2.16. The van der Waals surface area contributed by atoms with Gasteiger partial charge in [-0.05, 0) is 40.8 Å². The van der Waals surface area contributed by atoms with Crippen LogP contribution in [0.3, 0.4) is 0 Å². The highest BCUT2D eigenvalue weighted by molar-refractivity contribution is 6.01. The third-order valence-electron chi connectivity index (χ3n) is 5.22. The Morgan fingerprint density at radius 1 is 0.719 bits per heavy atom. The van der Waals surface area contributed by atoms with Crippen molar-refractivity contribution >= 4 is 17.1 Å². The van der Waals surface area contributed by atoms with Gasteiger partial charge >= 0.3 is 0 Å². The zero-order valence-corrected chi connectivity index (χ0v) is 18.3. The van der Waals surface area contributed by atoms with Gasteiger partial charge in [-0.2, -0.15) is 0 Å². The van der Waals surface area contributed by atoms with E-state index >= 15 is 0 Å². The molecule has 32 heavy (non-hydrogen) atoms. The first-order chi connectivity index (χ1) is 15.8. The number of methoxy groups -OCH3 is 2. The van der Waals surface area contributed by atoms with Crippen LogP contribution in [0.2, 0.25) is 0 Å². The monoisotopic (exact) mass is 419 g/mol. The van der Waals surface area contributed by atoms with Crippen LogP contribution >= 0.6 is 0 Å². The fourth-order valence-corrected chi connectivity index (χ4v) is 3.62. The molecule has 158 valence electrons. The molecule has 0 heterocycles. The van der Waals surface area contributed by atoms with Crippen LogP contribution in [0.5, 0.6) is 11.5 Å². The standard InChI is InChI=1S/C29H25NO2/c1-31-28-20-29(32-2)26(19-24(28)18-22-12-6-3-7-13-22)27(23-14-8-4-9-15-23)21-30-25-16-10-5-11-17-25/h3-17,19-20H,18H2,1-2H3. The van der Waals surface area contributed by atoms with Crippen LogP contribution in [0.15, 0.2) is 108 Å². The molecule has 0 aliphatic heterocycles. The van der Waals surface area contributed by atoms with Gasteiger partial charge < -0.3 is 9.47 Å². The average molecular weight is 420 g/mol. The predicted molar refractivity (Wildman–Crippen MR) is 131 cm³/mol. The highest BCUT2D eigenvalue weighted by atomic mass is 16.5. The molecule has 0 radical (unpaired) electrons. The molecule has 4 aromatic rings. The molecule has 3 heteroatoms.